The number of pyridine rings is 1. The van der Waals surface area contributed by atoms with Crippen molar-refractivity contribution in [3.05, 3.63) is 40.3 Å². The number of aromatic nitrogens is 4. The molecule has 2 heterocycles. The lowest BCUT2D eigenvalue weighted by Crippen LogP contribution is -2.32. The number of aryl methyl sites for hydroxylation is 1. The van der Waals surface area contributed by atoms with E-state index in [1.54, 1.807) is 4.57 Å². The molecule has 2 aromatic heterocycles. The summed E-state index contributed by atoms with van der Waals surface area (Å²) in [6.45, 7) is 2.46. The first kappa shape index (κ1) is 16.5. The van der Waals surface area contributed by atoms with Gasteiger partial charge < -0.3 is 20.2 Å². The Bertz CT molecular complexity index is 752. The quantitative estimate of drug-likeness (QED) is 0.786. The van der Waals surface area contributed by atoms with Crippen molar-refractivity contribution in [1.82, 2.24) is 25.1 Å². The van der Waals surface area contributed by atoms with Crippen LogP contribution in [-0.4, -0.2) is 25.8 Å². The van der Waals surface area contributed by atoms with Gasteiger partial charge in [0.25, 0.3) is 5.56 Å². The van der Waals surface area contributed by atoms with Crippen LogP contribution in [-0.2, 0) is 19.3 Å². The van der Waals surface area contributed by atoms with Crippen molar-refractivity contribution >= 4 is 11.7 Å². The summed E-state index contributed by atoms with van der Waals surface area (Å²) in [5.74, 6) is 0.473. The molecule has 11 heteroatoms. The third kappa shape index (κ3) is 4.08. The number of carbonyl (C=O) groups excluding carboxylic acids is 1. The summed E-state index contributed by atoms with van der Waals surface area (Å²) < 4.78 is 39.4. The maximum absolute atomic E-state index is 12.6. The fourth-order valence-corrected chi connectivity index (χ4v) is 1.75. The van der Waals surface area contributed by atoms with Gasteiger partial charge in [0.15, 0.2) is 5.82 Å². The molecule has 124 valence electrons. The topological polar surface area (TPSA) is 105 Å². The molecule has 0 saturated heterocycles. The number of anilines is 1. The first-order valence-corrected chi connectivity index (χ1v) is 6.52. The van der Waals surface area contributed by atoms with Gasteiger partial charge in [-0.05, 0) is 13.0 Å². The Morgan fingerprint density at radius 2 is 2.17 bits per heavy atom. The van der Waals surface area contributed by atoms with Crippen LogP contribution in [0.3, 0.4) is 0 Å². The van der Waals surface area contributed by atoms with Crippen LogP contribution in [0.4, 0.5) is 23.7 Å². The predicted molar refractivity (Wildman–Crippen MR) is 73.6 cm³/mol. The van der Waals surface area contributed by atoms with Crippen molar-refractivity contribution in [2.75, 3.05) is 5.32 Å². The number of aromatic amines is 1. The van der Waals surface area contributed by atoms with Gasteiger partial charge in [-0.3, -0.25) is 4.79 Å². The van der Waals surface area contributed by atoms with Gasteiger partial charge in [0, 0.05) is 12.7 Å². The lowest BCUT2D eigenvalue weighted by atomic mass is 10.2. The number of amides is 2. The molecule has 0 bridgehead atoms. The monoisotopic (exact) mass is 330 g/mol. The second kappa shape index (κ2) is 6.50. The number of halogens is 3. The van der Waals surface area contributed by atoms with E-state index < -0.39 is 29.0 Å². The highest BCUT2D eigenvalue weighted by Gasteiger charge is 2.31. The molecule has 3 N–H and O–H groups in total. The van der Waals surface area contributed by atoms with Gasteiger partial charge in [0.05, 0.1) is 12.1 Å². The predicted octanol–water partition coefficient (Wildman–Crippen LogP) is 1.33. The van der Waals surface area contributed by atoms with Gasteiger partial charge in [0.1, 0.15) is 12.0 Å². The minimum atomic E-state index is -4.63. The number of nitrogens with one attached hydrogen (secondary N) is 3. The summed E-state index contributed by atoms with van der Waals surface area (Å²) in [5, 5.41) is 11.9. The van der Waals surface area contributed by atoms with Crippen LogP contribution < -0.4 is 16.2 Å². The highest BCUT2D eigenvalue weighted by Crippen LogP contribution is 2.29. The molecule has 2 aromatic rings. The molecule has 0 fully saturated rings. The van der Waals surface area contributed by atoms with E-state index in [2.05, 4.69) is 20.8 Å². The van der Waals surface area contributed by atoms with Gasteiger partial charge >= 0.3 is 12.2 Å². The van der Waals surface area contributed by atoms with E-state index in [9.17, 15) is 22.8 Å². The normalized spacial score (nSPS) is 11.3. The van der Waals surface area contributed by atoms with Crippen LogP contribution in [0, 0.1) is 0 Å². The number of carbonyl (C=O) groups is 1. The van der Waals surface area contributed by atoms with Crippen molar-refractivity contribution in [1.29, 1.82) is 0 Å². The Kier molecular flexibility index (Phi) is 4.67. The third-order valence-corrected chi connectivity index (χ3v) is 2.92. The van der Waals surface area contributed by atoms with Gasteiger partial charge in [-0.1, -0.05) is 0 Å². The SMILES string of the molecule is CCn1cnnc1CNC(=O)Nc1cc(C(F)(F)F)c[nH]c1=O. The average molecular weight is 330 g/mol. The molecule has 0 spiro atoms. The number of nitrogens with zero attached hydrogens (tertiary/aromatic N) is 3. The van der Waals surface area contributed by atoms with Crippen LogP contribution in [0.15, 0.2) is 23.4 Å². The van der Waals surface area contributed by atoms with Crippen molar-refractivity contribution in [3.8, 4) is 0 Å². The maximum atomic E-state index is 12.6. The fraction of sp³-hybridized carbons (Fsp3) is 0.333. The molecular formula is C12H13F3N6O2. The number of rotatable bonds is 4. The molecule has 0 unspecified atom stereocenters. The second-order valence-corrected chi connectivity index (χ2v) is 4.47. The van der Waals surface area contributed by atoms with Crippen LogP contribution in [0.25, 0.3) is 0 Å². The highest BCUT2D eigenvalue weighted by atomic mass is 19.4. The Balaban J connectivity index is 2.04. The summed E-state index contributed by atoms with van der Waals surface area (Å²) >= 11 is 0. The molecule has 8 nitrogen and oxygen atoms in total. The van der Waals surface area contributed by atoms with E-state index in [0.29, 0.717) is 24.6 Å². The first-order chi connectivity index (χ1) is 10.8. The number of hydrogen-bond donors (Lipinski definition) is 3. The fourth-order valence-electron chi connectivity index (χ4n) is 1.75. The zero-order valence-electron chi connectivity index (χ0n) is 11.9. The lowest BCUT2D eigenvalue weighted by molar-refractivity contribution is -0.137. The van der Waals surface area contributed by atoms with Crippen molar-refractivity contribution in [2.45, 2.75) is 26.2 Å². The minimum Gasteiger partial charge on any atom is -0.331 e. The molecule has 2 rings (SSSR count). The zero-order valence-corrected chi connectivity index (χ0v) is 11.9. The van der Waals surface area contributed by atoms with E-state index in [4.69, 9.17) is 0 Å². The Hall–Kier alpha value is -2.85. The molecule has 0 radical (unpaired) electrons. The largest absolute Gasteiger partial charge is 0.417 e. The van der Waals surface area contributed by atoms with Crippen LogP contribution in [0.2, 0.25) is 0 Å². The van der Waals surface area contributed by atoms with E-state index in [0.717, 1.165) is 0 Å². The summed E-state index contributed by atoms with van der Waals surface area (Å²) in [4.78, 5) is 25.1. The van der Waals surface area contributed by atoms with Crippen molar-refractivity contribution in [3.63, 3.8) is 0 Å². The lowest BCUT2D eigenvalue weighted by Gasteiger charge is -2.10. The number of urea groups is 1. The van der Waals surface area contributed by atoms with E-state index in [1.165, 1.54) is 6.33 Å². The summed E-state index contributed by atoms with van der Waals surface area (Å²) in [5.41, 5.74) is -2.42. The molecule has 0 aliphatic rings. The second-order valence-electron chi connectivity index (χ2n) is 4.47. The summed E-state index contributed by atoms with van der Waals surface area (Å²) in [6, 6.07) is -0.270. The minimum absolute atomic E-state index is 0.0105. The average Bonchev–Trinajstić information content (AvgIpc) is 2.93. The standard InChI is InChI=1S/C12H13F3N6O2/c1-2-21-6-18-20-9(21)5-17-11(23)19-8-3-7(12(13,14)15)4-16-10(8)22/h3-4,6H,2,5H2,1H3,(H,16,22)(H2,17,19,23). The molecule has 0 atom stereocenters. The Morgan fingerprint density at radius 1 is 1.43 bits per heavy atom. The van der Waals surface area contributed by atoms with E-state index >= 15 is 0 Å². The number of H-pyrrole nitrogens is 1. The number of alkyl halides is 3. The Morgan fingerprint density at radius 3 is 2.83 bits per heavy atom. The zero-order chi connectivity index (χ0) is 17.0. The molecule has 0 aliphatic heterocycles. The molecular weight excluding hydrogens is 317 g/mol. The maximum Gasteiger partial charge on any atom is 0.417 e. The van der Waals surface area contributed by atoms with E-state index in [1.807, 2.05) is 11.9 Å². The molecule has 2 amide bonds. The molecule has 23 heavy (non-hydrogen) atoms. The Labute approximate surface area is 127 Å². The number of hydrogen-bond acceptors (Lipinski definition) is 4. The van der Waals surface area contributed by atoms with Gasteiger partial charge in [-0.2, -0.15) is 13.2 Å². The third-order valence-electron chi connectivity index (χ3n) is 2.92. The van der Waals surface area contributed by atoms with Crippen LogP contribution >= 0.6 is 0 Å². The summed E-state index contributed by atoms with van der Waals surface area (Å²) in [7, 11) is 0. The van der Waals surface area contributed by atoms with Crippen LogP contribution in [0.5, 0.6) is 0 Å². The van der Waals surface area contributed by atoms with Crippen molar-refractivity contribution < 1.29 is 18.0 Å². The smallest absolute Gasteiger partial charge is 0.331 e. The highest BCUT2D eigenvalue weighted by molar-refractivity contribution is 5.88. The molecule has 0 aromatic carbocycles. The summed E-state index contributed by atoms with van der Waals surface area (Å²) in [6.07, 6.45) is -2.61. The van der Waals surface area contributed by atoms with Crippen molar-refractivity contribution in [2.24, 2.45) is 0 Å². The van der Waals surface area contributed by atoms with Gasteiger partial charge in [-0.25, -0.2) is 4.79 Å². The van der Waals surface area contributed by atoms with Gasteiger partial charge in [-0.15, -0.1) is 10.2 Å². The van der Waals surface area contributed by atoms with Crippen LogP contribution in [0.1, 0.15) is 18.3 Å². The first-order valence-electron chi connectivity index (χ1n) is 6.52. The molecule has 0 aliphatic carbocycles. The molecule has 0 saturated carbocycles. The van der Waals surface area contributed by atoms with E-state index in [-0.39, 0.29) is 6.54 Å². The van der Waals surface area contributed by atoms with Gasteiger partial charge in [0.2, 0.25) is 0 Å².